The Morgan fingerprint density at radius 3 is 2.29 bits per heavy atom. The summed E-state index contributed by atoms with van der Waals surface area (Å²) in [6.07, 6.45) is 0. The molecule has 0 bridgehead atoms. The molecule has 17 heavy (non-hydrogen) atoms. The van der Waals surface area contributed by atoms with Gasteiger partial charge in [-0.1, -0.05) is 24.3 Å². The highest BCUT2D eigenvalue weighted by Gasteiger charge is 2.19. The van der Waals surface area contributed by atoms with Crippen molar-refractivity contribution in [3.8, 4) is 11.4 Å². The molecule has 0 N–H and O–H groups in total. The highest BCUT2D eigenvalue weighted by molar-refractivity contribution is 5.54. The second kappa shape index (κ2) is 4.25. The molecule has 0 fully saturated rings. The number of benzene rings is 1. The minimum atomic E-state index is -0.283. The van der Waals surface area contributed by atoms with Crippen molar-refractivity contribution in [3.05, 3.63) is 29.8 Å². The summed E-state index contributed by atoms with van der Waals surface area (Å²) in [6, 6.07) is 8.00. The lowest BCUT2D eigenvalue weighted by Gasteiger charge is -2.23. The first-order chi connectivity index (χ1) is 8.03. The van der Waals surface area contributed by atoms with E-state index in [1.165, 1.54) is 4.80 Å². The summed E-state index contributed by atoms with van der Waals surface area (Å²) in [5.74, 6) is 0.634. The van der Waals surface area contributed by atoms with Gasteiger partial charge in [-0.05, 0) is 24.6 Å². The maximum atomic E-state index is 5.43. The Morgan fingerprint density at radius 2 is 1.82 bits per heavy atom. The molecule has 0 saturated heterocycles. The monoisotopic (exact) mass is 232 g/mol. The molecule has 90 valence electrons. The fraction of sp³-hybridized carbons (Fsp3) is 0.417. The van der Waals surface area contributed by atoms with Gasteiger partial charge in [0.05, 0.1) is 12.6 Å². The van der Waals surface area contributed by atoms with E-state index in [9.17, 15) is 0 Å². The van der Waals surface area contributed by atoms with Crippen LogP contribution in [0.3, 0.4) is 0 Å². The summed E-state index contributed by atoms with van der Waals surface area (Å²) >= 11 is 0. The van der Waals surface area contributed by atoms with Crippen molar-refractivity contribution < 1.29 is 4.74 Å². The van der Waals surface area contributed by atoms with Crippen LogP contribution in [0, 0.1) is 0 Å². The van der Waals surface area contributed by atoms with Crippen LogP contribution in [-0.2, 0) is 17.4 Å². The lowest BCUT2D eigenvalue weighted by Crippen LogP contribution is -2.19. The van der Waals surface area contributed by atoms with E-state index in [1.807, 2.05) is 38.1 Å². The van der Waals surface area contributed by atoms with Crippen LogP contribution in [0.25, 0.3) is 11.4 Å². The smallest absolute Gasteiger partial charge is 0.204 e. The number of nitrogens with zero attached hydrogens (tertiary/aromatic N) is 4. The van der Waals surface area contributed by atoms with Gasteiger partial charge in [-0.2, -0.15) is 4.80 Å². The first kappa shape index (κ1) is 11.7. The van der Waals surface area contributed by atoms with E-state index < -0.39 is 0 Å². The minimum Gasteiger partial charge on any atom is -0.374 e. The van der Waals surface area contributed by atoms with E-state index in [1.54, 1.807) is 14.2 Å². The molecule has 0 spiro atoms. The van der Waals surface area contributed by atoms with Crippen molar-refractivity contribution in [2.75, 3.05) is 7.11 Å². The number of hydrogen-bond acceptors (Lipinski definition) is 4. The second-order valence-corrected chi connectivity index (χ2v) is 4.39. The molecule has 1 aromatic carbocycles. The van der Waals surface area contributed by atoms with Gasteiger partial charge in [-0.15, -0.1) is 10.2 Å². The summed E-state index contributed by atoms with van der Waals surface area (Å²) in [6.45, 7) is 4.06. The summed E-state index contributed by atoms with van der Waals surface area (Å²) in [4.78, 5) is 1.45. The molecule has 0 aliphatic heterocycles. The quantitative estimate of drug-likeness (QED) is 0.809. The fourth-order valence-electron chi connectivity index (χ4n) is 1.54. The van der Waals surface area contributed by atoms with E-state index in [0.29, 0.717) is 5.82 Å². The van der Waals surface area contributed by atoms with Gasteiger partial charge < -0.3 is 4.74 Å². The Kier molecular flexibility index (Phi) is 2.93. The molecule has 2 rings (SSSR count). The molecule has 5 nitrogen and oxygen atoms in total. The molecule has 0 radical (unpaired) electrons. The third-order valence-electron chi connectivity index (χ3n) is 2.86. The van der Waals surface area contributed by atoms with Crippen LogP contribution >= 0.6 is 0 Å². The number of methoxy groups -OCH3 is 1. The minimum absolute atomic E-state index is 0.283. The van der Waals surface area contributed by atoms with Gasteiger partial charge in [-0.25, -0.2) is 0 Å². The zero-order valence-electron chi connectivity index (χ0n) is 10.5. The zero-order valence-corrected chi connectivity index (χ0v) is 10.5. The summed E-state index contributed by atoms with van der Waals surface area (Å²) in [5, 5.41) is 11.9. The Hall–Kier alpha value is -1.75. The van der Waals surface area contributed by atoms with Crippen LogP contribution in [0.15, 0.2) is 24.3 Å². The van der Waals surface area contributed by atoms with E-state index in [2.05, 4.69) is 15.4 Å². The molecule has 1 aromatic heterocycles. The van der Waals surface area contributed by atoms with Gasteiger partial charge in [0.15, 0.2) is 0 Å². The van der Waals surface area contributed by atoms with Crippen LogP contribution in [0.1, 0.15) is 19.4 Å². The molecule has 0 amide bonds. The number of ether oxygens (including phenoxy) is 1. The van der Waals surface area contributed by atoms with Crippen molar-refractivity contribution in [3.63, 3.8) is 0 Å². The van der Waals surface area contributed by atoms with Crippen LogP contribution in [0.4, 0.5) is 0 Å². The average Bonchev–Trinajstić information content (AvgIpc) is 2.76. The Bertz CT molecular complexity index is 501. The normalized spacial score (nSPS) is 11.8. The predicted octanol–water partition coefficient (Wildman–Crippen LogP) is 1.76. The number of tetrazole rings is 1. The standard InChI is InChI=1S/C12H16N4O/c1-12(2,17-4)10-7-5-9(6-8-10)11-13-15-16(3)14-11/h5-8H,1-4H3. The molecule has 0 aliphatic carbocycles. The fourth-order valence-corrected chi connectivity index (χ4v) is 1.54. The Morgan fingerprint density at radius 1 is 1.18 bits per heavy atom. The third kappa shape index (κ3) is 2.34. The highest BCUT2D eigenvalue weighted by atomic mass is 16.5. The van der Waals surface area contributed by atoms with Gasteiger partial charge in [0, 0.05) is 12.7 Å². The molecule has 0 unspecified atom stereocenters. The van der Waals surface area contributed by atoms with Gasteiger partial charge in [0.1, 0.15) is 0 Å². The van der Waals surface area contributed by atoms with Gasteiger partial charge in [-0.3, -0.25) is 0 Å². The first-order valence-corrected chi connectivity index (χ1v) is 5.43. The highest BCUT2D eigenvalue weighted by Crippen LogP contribution is 2.25. The molecular weight excluding hydrogens is 216 g/mol. The predicted molar refractivity (Wildman–Crippen MR) is 64.3 cm³/mol. The van der Waals surface area contributed by atoms with E-state index >= 15 is 0 Å². The first-order valence-electron chi connectivity index (χ1n) is 5.43. The lowest BCUT2D eigenvalue weighted by atomic mass is 9.97. The Labute approximate surface area is 100 Å². The number of rotatable bonds is 3. The SMILES string of the molecule is COC(C)(C)c1ccc(-c2nnn(C)n2)cc1. The van der Waals surface area contributed by atoms with E-state index in [0.717, 1.165) is 11.1 Å². The van der Waals surface area contributed by atoms with Crippen LogP contribution in [0.2, 0.25) is 0 Å². The van der Waals surface area contributed by atoms with Crippen molar-refractivity contribution in [2.45, 2.75) is 19.4 Å². The van der Waals surface area contributed by atoms with Crippen molar-refractivity contribution in [1.82, 2.24) is 20.2 Å². The summed E-state index contributed by atoms with van der Waals surface area (Å²) < 4.78 is 5.43. The van der Waals surface area contributed by atoms with E-state index in [4.69, 9.17) is 4.74 Å². The van der Waals surface area contributed by atoms with Gasteiger partial charge >= 0.3 is 0 Å². The number of hydrogen-bond donors (Lipinski definition) is 0. The largest absolute Gasteiger partial charge is 0.374 e. The van der Waals surface area contributed by atoms with E-state index in [-0.39, 0.29) is 5.60 Å². The molecular formula is C12H16N4O. The molecule has 5 heteroatoms. The zero-order chi connectivity index (χ0) is 12.5. The lowest BCUT2D eigenvalue weighted by molar-refractivity contribution is 0.0192. The molecule has 0 saturated carbocycles. The molecule has 2 aromatic rings. The number of aryl methyl sites for hydroxylation is 1. The summed E-state index contributed by atoms with van der Waals surface area (Å²) in [7, 11) is 3.46. The van der Waals surface area contributed by atoms with Crippen LogP contribution < -0.4 is 0 Å². The average molecular weight is 232 g/mol. The van der Waals surface area contributed by atoms with Gasteiger partial charge in [0.25, 0.3) is 0 Å². The Balaban J connectivity index is 2.30. The molecule has 1 heterocycles. The molecule has 0 atom stereocenters. The number of aromatic nitrogens is 4. The summed E-state index contributed by atoms with van der Waals surface area (Å²) in [5.41, 5.74) is 1.79. The maximum absolute atomic E-state index is 5.43. The maximum Gasteiger partial charge on any atom is 0.204 e. The van der Waals surface area contributed by atoms with Crippen molar-refractivity contribution in [2.24, 2.45) is 7.05 Å². The van der Waals surface area contributed by atoms with Crippen LogP contribution in [-0.4, -0.2) is 27.3 Å². The second-order valence-electron chi connectivity index (χ2n) is 4.39. The van der Waals surface area contributed by atoms with Crippen molar-refractivity contribution in [1.29, 1.82) is 0 Å². The molecule has 0 aliphatic rings. The topological polar surface area (TPSA) is 52.8 Å². The van der Waals surface area contributed by atoms with Gasteiger partial charge in [0.2, 0.25) is 5.82 Å². The van der Waals surface area contributed by atoms with Crippen LogP contribution in [0.5, 0.6) is 0 Å². The van der Waals surface area contributed by atoms with Crippen molar-refractivity contribution >= 4 is 0 Å². The third-order valence-corrected chi connectivity index (χ3v) is 2.86.